The van der Waals surface area contributed by atoms with E-state index in [9.17, 15) is 0 Å². The van der Waals surface area contributed by atoms with Crippen LogP contribution in [0.5, 0.6) is 5.75 Å². The number of aryl methyl sites for hydroxylation is 1. The molecule has 0 saturated heterocycles. The van der Waals surface area contributed by atoms with Crippen molar-refractivity contribution in [1.82, 2.24) is 0 Å². The van der Waals surface area contributed by atoms with Gasteiger partial charge in [-0.25, -0.2) is 4.99 Å². The maximum absolute atomic E-state index is 6.05. The highest BCUT2D eigenvalue weighted by Crippen LogP contribution is 2.31. The summed E-state index contributed by atoms with van der Waals surface area (Å²) in [5.41, 5.74) is 4.18. The second-order valence-corrected chi connectivity index (χ2v) is 8.75. The number of rotatable bonds is 5. The highest BCUT2D eigenvalue weighted by molar-refractivity contribution is 7.12. The van der Waals surface area contributed by atoms with E-state index in [4.69, 9.17) is 9.42 Å². The normalized spacial score (nSPS) is 11.8. The molecular formula is C20H20NOSSi. The lowest BCUT2D eigenvalue weighted by Gasteiger charge is -2.13. The van der Waals surface area contributed by atoms with Crippen LogP contribution in [0.2, 0.25) is 13.1 Å². The molecule has 0 bridgehead atoms. The first-order valence-electron chi connectivity index (χ1n) is 7.90. The molecule has 121 valence electrons. The molecule has 0 aliphatic heterocycles. The van der Waals surface area contributed by atoms with Crippen molar-refractivity contribution in [2.45, 2.75) is 20.0 Å². The lowest BCUT2D eigenvalue weighted by molar-refractivity contribution is 0.582. The minimum Gasteiger partial charge on any atom is -0.541 e. The lowest BCUT2D eigenvalue weighted by atomic mass is 10.1. The average molecular weight is 351 g/mol. The predicted molar refractivity (Wildman–Crippen MR) is 105 cm³/mol. The van der Waals surface area contributed by atoms with Crippen LogP contribution >= 0.6 is 11.3 Å². The first-order valence-corrected chi connectivity index (χ1v) is 11.2. The van der Waals surface area contributed by atoms with Gasteiger partial charge in [0.25, 0.3) is 9.04 Å². The molecule has 3 rings (SSSR count). The topological polar surface area (TPSA) is 21.6 Å². The van der Waals surface area contributed by atoms with Gasteiger partial charge in [0.15, 0.2) is 0 Å². The van der Waals surface area contributed by atoms with Crippen molar-refractivity contribution in [3.8, 4) is 5.75 Å². The third-order valence-corrected chi connectivity index (χ3v) is 4.97. The Morgan fingerprint density at radius 2 is 1.79 bits per heavy atom. The third kappa shape index (κ3) is 4.02. The van der Waals surface area contributed by atoms with Gasteiger partial charge in [-0.05, 0) is 49.2 Å². The molecular weight excluding hydrogens is 330 g/mol. The highest BCUT2D eigenvalue weighted by atomic mass is 32.1. The molecule has 2 aromatic carbocycles. The second kappa shape index (κ2) is 7.60. The molecule has 0 spiro atoms. The van der Waals surface area contributed by atoms with Crippen LogP contribution in [0.15, 0.2) is 71.0 Å². The minimum atomic E-state index is -0.841. The van der Waals surface area contributed by atoms with Crippen LogP contribution in [0.3, 0.4) is 0 Å². The molecule has 0 unspecified atom stereocenters. The average Bonchev–Trinajstić information content (AvgIpc) is 3.09. The van der Waals surface area contributed by atoms with Crippen LogP contribution in [-0.2, 0) is 0 Å². The Bertz CT molecular complexity index is 826. The van der Waals surface area contributed by atoms with Gasteiger partial charge >= 0.3 is 0 Å². The first kappa shape index (κ1) is 16.7. The molecule has 0 aliphatic carbocycles. The molecule has 3 aromatic rings. The third-order valence-electron chi connectivity index (χ3n) is 3.46. The fourth-order valence-electron chi connectivity index (χ4n) is 2.41. The fraction of sp³-hybridized carbons (Fsp3) is 0.150. The largest absolute Gasteiger partial charge is 0.541 e. The van der Waals surface area contributed by atoms with E-state index in [-0.39, 0.29) is 0 Å². The molecule has 1 aromatic heterocycles. The van der Waals surface area contributed by atoms with Gasteiger partial charge in [-0.15, -0.1) is 11.3 Å². The zero-order valence-electron chi connectivity index (χ0n) is 14.1. The van der Waals surface area contributed by atoms with Crippen molar-refractivity contribution in [3.05, 3.63) is 82.0 Å². The molecule has 0 saturated carbocycles. The summed E-state index contributed by atoms with van der Waals surface area (Å²) in [5, 5.41) is 2.08. The number of nitrogens with zero attached hydrogens (tertiary/aromatic N) is 1. The van der Waals surface area contributed by atoms with E-state index in [0.29, 0.717) is 0 Å². The van der Waals surface area contributed by atoms with Crippen molar-refractivity contribution in [3.63, 3.8) is 0 Å². The van der Waals surface area contributed by atoms with Crippen LogP contribution in [0.4, 0.5) is 5.69 Å². The number of hydrogen-bond acceptors (Lipinski definition) is 3. The standard InChI is InChI=1S/C20H20NOSSi/c1-15-11-12-18(22-24(2)3)17(14-15)21-20(19-10-7-13-23-19)16-8-5-4-6-9-16/h4-14H,1-3H3. The molecule has 2 nitrogen and oxygen atoms in total. The molecule has 0 atom stereocenters. The van der Waals surface area contributed by atoms with E-state index in [1.165, 1.54) is 5.56 Å². The van der Waals surface area contributed by atoms with Gasteiger partial charge in [0.2, 0.25) is 0 Å². The maximum Gasteiger partial charge on any atom is 0.274 e. The smallest absolute Gasteiger partial charge is 0.274 e. The number of hydrogen-bond donors (Lipinski definition) is 0. The van der Waals surface area contributed by atoms with Crippen molar-refractivity contribution >= 4 is 31.8 Å². The van der Waals surface area contributed by atoms with Crippen molar-refractivity contribution in [2.24, 2.45) is 4.99 Å². The summed E-state index contributed by atoms with van der Waals surface area (Å²) in [6.07, 6.45) is 0. The van der Waals surface area contributed by atoms with E-state index >= 15 is 0 Å². The molecule has 0 amide bonds. The predicted octanol–water partition coefficient (Wildman–Crippen LogP) is 5.86. The molecule has 0 fully saturated rings. The molecule has 24 heavy (non-hydrogen) atoms. The number of benzene rings is 2. The Balaban J connectivity index is 2.13. The highest BCUT2D eigenvalue weighted by Gasteiger charge is 2.12. The fourth-order valence-corrected chi connectivity index (χ4v) is 3.76. The van der Waals surface area contributed by atoms with E-state index in [1.54, 1.807) is 11.3 Å². The van der Waals surface area contributed by atoms with Gasteiger partial charge in [-0.1, -0.05) is 42.5 Å². The molecule has 0 N–H and O–H groups in total. The van der Waals surface area contributed by atoms with E-state index in [0.717, 1.165) is 27.6 Å². The Labute approximate surface area is 149 Å². The molecule has 1 radical (unpaired) electrons. The summed E-state index contributed by atoms with van der Waals surface area (Å²) in [6, 6.07) is 20.7. The first-order chi connectivity index (χ1) is 11.6. The quantitative estimate of drug-likeness (QED) is 0.417. The maximum atomic E-state index is 6.05. The minimum absolute atomic E-state index is 0.841. The van der Waals surface area contributed by atoms with E-state index in [1.807, 2.05) is 24.3 Å². The van der Waals surface area contributed by atoms with Crippen LogP contribution in [-0.4, -0.2) is 14.8 Å². The number of thiophene rings is 1. The Kier molecular flexibility index (Phi) is 5.28. The summed E-state index contributed by atoms with van der Waals surface area (Å²) in [5.74, 6) is 0.865. The second-order valence-electron chi connectivity index (χ2n) is 5.79. The Morgan fingerprint density at radius 1 is 1.00 bits per heavy atom. The van der Waals surface area contributed by atoms with Gasteiger partial charge < -0.3 is 4.43 Å². The van der Waals surface area contributed by atoms with Gasteiger partial charge in [0.1, 0.15) is 11.4 Å². The Hall–Kier alpha value is -2.17. The molecule has 1 heterocycles. The summed E-state index contributed by atoms with van der Waals surface area (Å²) < 4.78 is 6.05. The van der Waals surface area contributed by atoms with Gasteiger partial charge in [0.05, 0.1) is 10.6 Å². The Morgan fingerprint density at radius 3 is 2.46 bits per heavy atom. The summed E-state index contributed by atoms with van der Waals surface area (Å²) in [6.45, 7) is 6.35. The van der Waals surface area contributed by atoms with E-state index in [2.05, 4.69) is 61.8 Å². The number of aliphatic imine (C=N–C) groups is 1. The van der Waals surface area contributed by atoms with Crippen LogP contribution < -0.4 is 4.43 Å². The van der Waals surface area contributed by atoms with Gasteiger partial charge in [0, 0.05) is 5.56 Å². The van der Waals surface area contributed by atoms with Crippen LogP contribution in [0.25, 0.3) is 0 Å². The van der Waals surface area contributed by atoms with Crippen molar-refractivity contribution in [1.29, 1.82) is 0 Å². The molecule has 4 heteroatoms. The lowest BCUT2D eigenvalue weighted by Crippen LogP contribution is -2.11. The monoisotopic (exact) mass is 350 g/mol. The molecule has 0 aliphatic rings. The van der Waals surface area contributed by atoms with Crippen molar-refractivity contribution in [2.75, 3.05) is 0 Å². The van der Waals surface area contributed by atoms with Crippen LogP contribution in [0, 0.1) is 6.92 Å². The zero-order valence-corrected chi connectivity index (χ0v) is 15.9. The van der Waals surface area contributed by atoms with Crippen molar-refractivity contribution < 1.29 is 4.43 Å². The summed E-state index contributed by atoms with van der Waals surface area (Å²) in [7, 11) is -0.841. The summed E-state index contributed by atoms with van der Waals surface area (Å²) >= 11 is 1.70. The summed E-state index contributed by atoms with van der Waals surface area (Å²) in [4.78, 5) is 6.16. The van der Waals surface area contributed by atoms with E-state index < -0.39 is 9.04 Å². The van der Waals surface area contributed by atoms with Crippen LogP contribution in [0.1, 0.15) is 16.0 Å². The SMILES string of the molecule is Cc1ccc(O[Si](C)C)c(N=C(c2ccccc2)c2cccs2)c1. The zero-order chi connectivity index (χ0) is 16.9. The van der Waals surface area contributed by atoms with Gasteiger partial charge in [-0.2, -0.15) is 0 Å². The van der Waals surface area contributed by atoms with Gasteiger partial charge in [-0.3, -0.25) is 0 Å².